The number of rotatable bonds is 7. The zero-order valence-corrected chi connectivity index (χ0v) is 17.1. The van der Waals surface area contributed by atoms with Gasteiger partial charge in [-0.15, -0.1) is 0 Å². The maximum absolute atomic E-state index is 12.7. The summed E-state index contributed by atoms with van der Waals surface area (Å²) >= 11 is 0. The van der Waals surface area contributed by atoms with E-state index < -0.39 is 0 Å². The average molecular weight is 403 g/mol. The molecule has 0 bridgehead atoms. The highest BCUT2D eigenvalue weighted by atomic mass is 16.2. The van der Waals surface area contributed by atoms with Gasteiger partial charge in [0.15, 0.2) is 0 Å². The molecule has 2 aromatic heterocycles. The van der Waals surface area contributed by atoms with Crippen LogP contribution in [-0.4, -0.2) is 47.3 Å². The van der Waals surface area contributed by atoms with Gasteiger partial charge in [-0.25, -0.2) is 0 Å². The van der Waals surface area contributed by atoms with E-state index in [0.29, 0.717) is 17.8 Å². The molecule has 2 amide bonds. The van der Waals surface area contributed by atoms with Crippen molar-refractivity contribution in [1.29, 1.82) is 0 Å². The molecule has 0 spiro atoms. The summed E-state index contributed by atoms with van der Waals surface area (Å²) in [6.45, 7) is 0.873. The summed E-state index contributed by atoms with van der Waals surface area (Å²) in [5, 5.41) is 7.84. The number of H-pyrrole nitrogens is 2. The number of nitrogens with zero attached hydrogens (tertiary/aromatic N) is 1. The van der Waals surface area contributed by atoms with E-state index in [9.17, 15) is 9.59 Å². The van der Waals surface area contributed by atoms with Crippen LogP contribution in [0, 0.1) is 0 Å². The molecule has 4 N–H and O–H groups in total. The van der Waals surface area contributed by atoms with Gasteiger partial charge in [0.25, 0.3) is 5.91 Å². The van der Waals surface area contributed by atoms with Crippen LogP contribution in [0.2, 0.25) is 0 Å². The SMILES string of the molecule is CN(C)CCCC(=O)Nc1ccc2cc(C(=O)Nc3ccc4cc[nH]c4c3)[nH]c2c1. The average Bonchev–Trinajstić information content (AvgIpc) is 3.33. The third-order valence-corrected chi connectivity index (χ3v) is 4.97. The minimum Gasteiger partial charge on any atom is -0.361 e. The lowest BCUT2D eigenvalue weighted by Crippen LogP contribution is -2.17. The molecule has 154 valence electrons. The Hall–Kier alpha value is -3.58. The summed E-state index contributed by atoms with van der Waals surface area (Å²) in [5.41, 5.74) is 3.66. The first kappa shape index (κ1) is 19.7. The molecular formula is C23H25N5O2. The standard InChI is InChI=1S/C23H25N5O2/c1-28(2)11-3-4-22(29)25-17-8-6-16-12-21(27-20(16)14-17)23(30)26-18-7-5-15-9-10-24-19(15)13-18/h5-10,12-14,24,27H,3-4,11H2,1-2H3,(H,25,29)(H,26,30). The highest BCUT2D eigenvalue weighted by molar-refractivity contribution is 6.07. The van der Waals surface area contributed by atoms with E-state index in [1.807, 2.05) is 62.8 Å². The number of nitrogens with one attached hydrogen (secondary N) is 4. The summed E-state index contributed by atoms with van der Waals surface area (Å²) in [7, 11) is 3.98. The van der Waals surface area contributed by atoms with Crippen LogP contribution in [0.3, 0.4) is 0 Å². The monoisotopic (exact) mass is 403 g/mol. The molecule has 2 heterocycles. The second kappa shape index (κ2) is 8.42. The molecule has 0 unspecified atom stereocenters. The van der Waals surface area contributed by atoms with E-state index in [1.54, 1.807) is 6.07 Å². The molecule has 2 aromatic carbocycles. The molecule has 0 aliphatic heterocycles. The number of aromatic amines is 2. The van der Waals surface area contributed by atoms with Crippen LogP contribution in [-0.2, 0) is 4.79 Å². The maximum Gasteiger partial charge on any atom is 0.272 e. The normalized spacial score (nSPS) is 11.3. The van der Waals surface area contributed by atoms with Gasteiger partial charge in [-0.1, -0.05) is 12.1 Å². The Kier molecular flexibility index (Phi) is 5.54. The molecule has 7 nitrogen and oxygen atoms in total. The number of hydrogen-bond acceptors (Lipinski definition) is 3. The molecule has 0 aliphatic rings. The first-order chi connectivity index (χ1) is 14.5. The van der Waals surface area contributed by atoms with Crippen molar-refractivity contribution in [2.45, 2.75) is 12.8 Å². The zero-order chi connectivity index (χ0) is 21.1. The predicted molar refractivity (Wildman–Crippen MR) is 121 cm³/mol. The molecule has 30 heavy (non-hydrogen) atoms. The van der Waals surface area contributed by atoms with Gasteiger partial charge in [0.2, 0.25) is 5.91 Å². The number of carbonyl (C=O) groups is 2. The van der Waals surface area contributed by atoms with Crippen LogP contribution in [0.5, 0.6) is 0 Å². The van der Waals surface area contributed by atoms with Crippen molar-refractivity contribution in [1.82, 2.24) is 14.9 Å². The third-order valence-electron chi connectivity index (χ3n) is 4.97. The second-order valence-electron chi connectivity index (χ2n) is 7.67. The van der Waals surface area contributed by atoms with Crippen LogP contribution in [0.4, 0.5) is 11.4 Å². The highest BCUT2D eigenvalue weighted by Gasteiger charge is 2.11. The number of amides is 2. The van der Waals surface area contributed by atoms with E-state index in [2.05, 4.69) is 25.5 Å². The van der Waals surface area contributed by atoms with E-state index in [4.69, 9.17) is 0 Å². The van der Waals surface area contributed by atoms with Crippen molar-refractivity contribution >= 4 is 45.0 Å². The first-order valence-electron chi connectivity index (χ1n) is 9.94. The highest BCUT2D eigenvalue weighted by Crippen LogP contribution is 2.22. The van der Waals surface area contributed by atoms with Crippen molar-refractivity contribution in [3.05, 3.63) is 60.4 Å². The number of fused-ring (bicyclic) bond motifs is 2. The van der Waals surface area contributed by atoms with Crippen LogP contribution < -0.4 is 10.6 Å². The van der Waals surface area contributed by atoms with Gasteiger partial charge in [0.05, 0.1) is 0 Å². The van der Waals surface area contributed by atoms with Crippen LogP contribution in [0.1, 0.15) is 23.3 Å². The first-order valence-corrected chi connectivity index (χ1v) is 9.94. The van der Waals surface area contributed by atoms with Crippen molar-refractivity contribution in [3.63, 3.8) is 0 Å². The summed E-state index contributed by atoms with van der Waals surface area (Å²) in [6.07, 6.45) is 3.15. The molecule has 0 aliphatic carbocycles. The Morgan fingerprint density at radius 2 is 1.63 bits per heavy atom. The molecule has 0 radical (unpaired) electrons. The van der Waals surface area contributed by atoms with Gasteiger partial charge in [-0.3, -0.25) is 9.59 Å². The molecule has 4 rings (SSSR count). The van der Waals surface area contributed by atoms with Gasteiger partial charge < -0.3 is 25.5 Å². The van der Waals surface area contributed by atoms with E-state index in [0.717, 1.165) is 40.5 Å². The Bertz CT molecular complexity index is 1200. The van der Waals surface area contributed by atoms with Gasteiger partial charge in [0, 0.05) is 40.4 Å². The van der Waals surface area contributed by atoms with Crippen molar-refractivity contribution in [2.75, 3.05) is 31.3 Å². The molecule has 0 atom stereocenters. The Labute approximate surface area is 174 Å². The fourth-order valence-corrected chi connectivity index (χ4v) is 3.43. The molecule has 0 saturated carbocycles. The van der Waals surface area contributed by atoms with Gasteiger partial charge >= 0.3 is 0 Å². The fraction of sp³-hybridized carbons (Fsp3) is 0.217. The van der Waals surface area contributed by atoms with Crippen molar-refractivity contribution in [2.24, 2.45) is 0 Å². The van der Waals surface area contributed by atoms with Gasteiger partial charge in [0.1, 0.15) is 5.69 Å². The van der Waals surface area contributed by atoms with E-state index in [1.165, 1.54) is 0 Å². The smallest absolute Gasteiger partial charge is 0.272 e. The number of hydrogen-bond donors (Lipinski definition) is 4. The van der Waals surface area contributed by atoms with Crippen LogP contribution >= 0.6 is 0 Å². The fourth-order valence-electron chi connectivity index (χ4n) is 3.43. The lowest BCUT2D eigenvalue weighted by molar-refractivity contribution is -0.116. The molecule has 0 saturated heterocycles. The topological polar surface area (TPSA) is 93.0 Å². The number of benzene rings is 2. The summed E-state index contributed by atoms with van der Waals surface area (Å²) in [5.74, 6) is -0.230. The molecular weight excluding hydrogens is 378 g/mol. The Morgan fingerprint density at radius 1 is 0.900 bits per heavy atom. The van der Waals surface area contributed by atoms with Crippen LogP contribution in [0.25, 0.3) is 21.8 Å². The summed E-state index contributed by atoms with van der Waals surface area (Å²) < 4.78 is 0. The predicted octanol–water partition coefficient (Wildman–Crippen LogP) is 4.18. The van der Waals surface area contributed by atoms with Crippen molar-refractivity contribution in [3.8, 4) is 0 Å². The maximum atomic E-state index is 12.7. The van der Waals surface area contributed by atoms with Gasteiger partial charge in [-0.2, -0.15) is 0 Å². The number of anilines is 2. The quantitative estimate of drug-likeness (QED) is 0.373. The Morgan fingerprint density at radius 3 is 2.43 bits per heavy atom. The molecule has 7 heteroatoms. The Balaban J connectivity index is 1.43. The zero-order valence-electron chi connectivity index (χ0n) is 17.1. The summed E-state index contributed by atoms with van der Waals surface area (Å²) in [4.78, 5) is 33.1. The minimum atomic E-state index is -0.216. The van der Waals surface area contributed by atoms with Crippen molar-refractivity contribution < 1.29 is 9.59 Å². The second-order valence-corrected chi connectivity index (χ2v) is 7.67. The molecule has 0 fully saturated rings. The molecule has 4 aromatic rings. The lowest BCUT2D eigenvalue weighted by Gasteiger charge is -2.09. The third kappa shape index (κ3) is 4.52. The minimum absolute atomic E-state index is 0.0135. The van der Waals surface area contributed by atoms with Gasteiger partial charge in [-0.05, 0) is 68.8 Å². The summed E-state index contributed by atoms with van der Waals surface area (Å²) in [6, 6.07) is 15.1. The van der Waals surface area contributed by atoms with E-state index >= 15 is 0 Å². The van der Waals surface area contributed by atoms with E-state index in [-0.39, 0.29) is 11.8 Å². The number of aromatic nitrogens is 2. The van der Waals surface area contributed by atoms with Crippen LogP contribution in [0.15, 0.2) is 54.7 Å². The lowest BCUT2D eigenvalue weighted by atomic mass is 10.2. The largest absolute Gasteiger partial charge is 0.361 e. The number of carbonyl (C=O) groups excluding carboxylic acids is 2.